The van der Waals surface area contributed by atoms with E-state index in [1.807, 2.05) is 24.3 Å². The second kappa shape index (κ2) is 3.38. The summed E-state index contributed by atoms with van der Waals surface area (Å²) in [6.07, 6.45) is 0.310. The lowest BCUT2D eigenvalue weighted by atomic mass is 10.2. The smallest absolute Gasteiger partial charge is 0.228 e. The van der Waals surface area contributed by atoms with Crippen LogP contribution in [-0.4, -0.2) is 12.1 Å². The van der Waals surface area contributed by atoms with Crippen LogP contribution in [0.4, 0.5) is 0 Å². The van der Waals surface area contributed by atoms with Gasteiger partial charge in [0.25, 0.3) is 0 Å². The molecule has 68 valence electrons. The van der Waals surface area contributed by atoms with Crippen LogP contribution in [0.1, 0.15) is 6.42 Å². The van der Waals surface area contributed by atoms with Gasteiger partial charge in [0.05, 0.1) is 6.42 Å². The highest BCUT2D eigenvalue weighted by atomic mass is 79.9. The van der Waals surface area contributed by atoms with Gasteiger partial charge < -0.3 is 10.1 Å². The Labute approximate surface area is 84.2 Å². The number of rotatable bonds is 2. The molecule has 1 aromatic rings. The summed E-state index contributed by atoms with van der Waals surface area (Å²) in [6, 6.07) is 7.51. The SMILES string of the molecule is O=C1C[C@H](Oc2ccc(Br)cc2)N1. The number of ether oxygens (including phenoxy) is 1. The van der Waals surface area contributed by atoms with Crippen molar-refractivity contribution in [1.82, 2.24) is 5.32 Å². The summed E-state index contributed by atoms with van der Waals surface area (Å²) >= 11 is 3.33. The summed E-state index contributed by atoms with van der Waals surface area (Å²) in [4.78, 5) is 10.6. The van der Waals surface area contributed by atoms with Crippen molar-refractivity contribution in [3.05, 3.63) is 28.7 Å². The van der Waals surface area contributed by atoms with Gasteiger partial charge in [-0.3, -0.25) is 4.79 Å². The van der Waals surface area contributed by atoms with E-state index in [0.29, 0.717) is 6.42 Å². The van der Waals surface area contributed by atoms with Crippen LogP contribution in [0, 0.1) is 0 Å². The van der Waals surface area contributed by atoms with E-state index in [9.17, 15) is 4.79 Å². The Hall–Kier alpha value is -1.03. The van der Waals surface area contributed by atoms with Gasteiger partial charge in [0.2, 0.25) is 5.91 Å². The van der Waals surface area contributed by atoms with Crippen LogP contribution in [0.2, 0.25) is 0 Å². The second-order valence-corrected chi connectivity index (χ2v) is 3.75. The van der Waals surface area contributed by atoms with Gasteiger partial charge in [-0.1, -0.05) is 15.9 Å². The summed E-state index contributed by atoms with van der Waals surface area (Å²) in [5.41, 5.74) is 0. The van der Waals surface area contributed by atoms with Crippen LogP contribution in [0.25, 0.3) is 0 Å². The maximum Gasteiger partial charge on any atom is 0.228 e. The maximum atomic E-state index is 10.6. The van der Waals surface area contributed by atoms with Crippen LogP contribution in [0.3, 0.4) is 0 Å². The number of benzene rings is 1. The van der Waals surface area contributed by atoms with Crippen molar-refractivity contribution in [2.75, 3.05) is 0 Å². The van der Waals surface area contributed by atoms with E-state index in [4.69, 9.17) is 4.74 Å². The fourth-order valence-corrected chi connectivity index (χ4v) is 1.34. The number of halogens is 1. The predicted octanol–water partition coefficient (Wildman–Crippen LogP) is 1.67. The Morgan fingerprint density at radius 1 is 1.38 bits per heavy atom. The lowest BCUT2D eigenvalue weighted by Crippen LogP contribution is -2.51. The summed E-state index contributed by atoms with van der Waals surface area (Å²) in [5, 5.41) is 2.63. The standard InChI is InChI=1S/C9H8BrNO2/c10-6-1-3-7(4-2-6)13-9-5-8(12)11-9/h1-4,9H,5H2,(H,11,12)/t9-/m0/s1. The first-order valence-corrected chi connectivity index (χ1v) is 4.75. The lowest BCUT2D eigenvalue weighted by Gasteiger charge is -2.27. The van der Waals surface area contributed by atoms with Crippen molar-refractivity contribution < 1.29 is 9.53 Å². The van der Waals surface area contributed by atoms with E-state index in [2.05, 4.69) is 21.2 Å². The summed E-state index contributed by atoms with van der Waals surface area (Å²) in [6.45, 7) is 0. The molecule has 1 heterocycles. The minimum absolute atomic E-state index is 0.0436. The fourth-order valence-electron chi connectivity index (χ4n) is 1.08. The fraction of sp³-hybridized carbons (Fsp3) is 0.222. The van der Waals surface area contributed by atoms with Gasteiger partial charge in [-0.25, -0.2) is 0 Å². The van der Waals surface area contributed by atoms with Crippen molar-refractivity contribution in [3.63, 3.8) is 0 Å². The molecule has 1 aromatic carbocycles. The molecule has 1 fully saturated rings. The first kappa shape index (κ1) is 8.56. The molecular weight excluding hydrogens is 234 g/mol. The van der Waals surface area contributed by atoms with Crippen molar-refractivity contribution >= 4 is 21.8 Å². The average Bonchev–Trinajstić information content (AvgIpc) is 2.06. The molecule has 3 nitrogen and oxygen atoms in total. The molecule has 0 aromatic heterocycles. The molecule has 0 bridgehead atoms. The molecule has 1 amide bonds. The topological polar surface area (TPSA) is 38.3 Å². The highest BCUT2D eigenvalue weighted by Crippen LogP contribution is 2.19. The predicted molar refractivity (Wildman–Crippen MR) is 51.3 cm³/mol. The molecule has 2 rings (SSSR count). The average molecular weight is 242 g/mol. The molecule has 0 spiro atoms. The molecular formula is C9H8BrNO2. The van der Waals surface area contributed by atoms with Gasteiger partial charge in [-0.05, 0) is 24.3 Å². The zero-order chi connectivity index (χ0) is 9.26. The Morgan fingerprint density at radius 2 is 2.00 bits per heavy atom. The largest absolute Gasteiger partial charge is 0.470 e. The molecule has 13 heavy (non-hydrogen) atoms. The third-order valence-electron chi connectivity index (χ3n) is 1.78. The molecule has 0 radical (unpaired) electrons. The van der Waals surface area contributed by atoms with E-state index in [-0.39, 0.29) is 12.1 Å². The number of nitrogens with one attached hydrogen (secondary N) is 1. The quantitative estimate of drug-likeness (QED) is 0.801. The molecule has 1 N–H and O–H groups in total. The molecule has 1 atom stereocenters. The number of carbonyl (C=O) groups is 1. The maximum absolute atomic E-state index is 10.6. The van der Waals surface area contributed by atoms with E-state index >= 15 is 0 Å². The molecule has 0 aliphatic carbocycles. The van der Waals surface area contributed by atoms with Crippen molar-refractivity contribution in [2.24, 2.45) is 0 Å². The molecule has 4 heteroatoms. The summed E-state index contributed by atoms with van der Waals surface area (Å²) < 4.78 is 6.43. The minimum atomic E-state index is -0.145. The minimum Gasteiger partial charge on any atom is -0.470 e. The number of hydrogen-bond donors (Lipinski definition) is 1. The highest BCUT2D eigenvalue weighted by molar-refractivity contribution is 9.10. The van der Waals surface area contributed by atoms with Crippen molar-refractivity contribution in [3.8, 4) is 5.75 Å². The van der Waals surface area contributed by atoms with Crippen LogP contribution in [0.15, 0.2) is 28.7 Å². The Bertz CT molecular complexity index is 315. The zero-order valence-corrected chi connectivity index (χ0v) is 8.37. The summed E-state index contributed by atoms with van der Waals surface area (Å²) in [7, 11) is 0. The van der Waals surface area contributed by atoms with Gasteiger partial charge >= 0.3 is 0 Å². The van der Waals surface area contributed by atoms with Gasteiger partial charge in [0.1, 0.15) is 5.75 Å². The van der Waals surface area contributed by atoms with E-state index in [1.165, 1.54) is 0 Å². The Morgan fingerprint density at radius 3 is 2.54 bits per heavy atom. The number of carbonyl (C=O) groups excluding carboxylic acids is 1. The van der Waals surface area contributed by atoms with Gasteiger partial charge in [-0.15, -0.1) is 0 Å². The monoisotopic (exact) mass is 241 g/mol. The van der Waals surface area contributed by atoms with Gasteiger partial charge in [0, 0.05) is 4.47 Å². The molecule has 0 saturated carbocycles. The third-order valence-corrected chi connectivity index (χ3v) is 2.31. The van der Waals surface area contributed by atoms with Crippen molar-refractivity contribution in [2.45, 2.75) is 12.6 Å². The van der Waals surface area contributed by atoms with Gasteiger partial charge in [-0.2, -0.15) is 0 Å². The van der Waals surface area contributed by atoms with E-state index in [0.717, 1.165) is 10.2 Å². The number of β-lactam (4-membered cyclic amide) rings is 1. The van der Waals surface area contributed by atoms with Crippen LogP contribution in [0.5, 0.6) is 5.75 Å². The molecule has 1 aliphatic heterocycles. The van der Waals surface area contributed by atoms with Gasteiger partial charge in [0.15, 0.2) is 6.23 Å². The van der Waals surface area contributed by atoms with Crippen LogP contribution in [-0.2, 0) is 4.79 Å². The van der Waals surface area contributed by atoms with Crippen LogP contribution >= 0.6 is 15.9 Å². The Balaban J connectivity index is 1.95. The first-order valence-electron chi connectivity index (χ1n) is 3.95. The number of amides is 1. The van der Waals surface area contributed by atoms with E-state index in [1.54, 1.807) is 0 Å². The number of hydrogen-bond acceptors (Lipinski definition) is 2. The molecule has 1 saturated heterocycles. The normalized spacial score (nSPS) is 20.4. The third kappa shape index (κ3) is 2.01. The molecule has 1 aliphatic rings. The first-order chi connectivity index (χ1) is 6.24. The lowest BCUT2D eigenvalue weighted by molar-refractivity contribution is -0.134. The highest BCUT2D eigenvalue weighted by Gasteiger charge is 2.26. The summed E-state index contributed by atoms with van der Waals surface area (Å²) in [5.74, 6) is 0.815. The Kier molecular flexibility index (Phi) is 2.22. The van der Waals surface area contributed by atoms with Crippen LogP contribution < -0.4 is 10.1 Å². The van der Waals surface area contributed by atoms with E-state index < -0.39 is 0 Å². The van der Waals surface area contributed by atoms with Crippen molar-refractivity contribution in [1.29, 1.82) is 0 Å². The molecule has 0 unspecified atom stereocenters. The second-order valence-electron chi connectivity index (χ2n) is 2.83. The zero-order valence-electron chi connectivity index (χ0n) is 6.79.